The minimum Gasteiger partial charge on any atom is -0.507 e. The number of halogens is 3. The summed E-state index contributed by atoms with van der Waals surface area (Å²) in [6.07, 6.45) is 2.90. The van der Waals surface area contributed by atoms with Gasteiger partial charge in [-0.2, -0.15) is 0 Å². The standard InChI is InChI=1S/C23H15ClF2N2O4/c1-32-18-10-13(2-4-15(18)24)21(29)19-20(12-6-8-27-9-7-12)28(23(31)22(19)30)14-3-5-16(25)17(26)11-14/h2-11,20,29H,1H3/b21-19+. The molecule has 6 nitrogen and oxygen atoms in total. The lowest BCUT2D eigenvalue weighted by molar-refractivity contribution is -0.132. The topological polar surface area (TPSA) is 79.7 Å². The molecule has 1 aromatic heterocycles. The van der Waals surface area contributed by atoms with Crippen LogP contribution in [0.3, 0.4) is 0 Å². The summed E-state index contributed by atoms with van der Waals surface area (Å²) in [6.45, 7) is 0. The van der Waals surface area contributed by atoms with Gasteiger partial charge in [0.15, 0.2) is 11.6 Å². The molecule has 0 bridgehead atoms. The number of pyridine rings is 1. The van der Waals surface area contributed by atoms with E-state index in [1.165, 1.54) is 43.8 Å². The Morgan fingerprint density at radius 3 is 2.44 bits per heavy atom. The summed E-state index contributed by atoms with van der Waals surface area (Å²) in [5.74, 6) is -4.47. The molecule has 2 heterocycles. The molecule has 9 heteroatoms. The number of amides is 1. The van der Waals surface area contributed by atoms with Crippen molar-refractivity contribution >= 4 is 34.7 Å². The number of Topliss-reactive ketones (excluding diaryl/α,β-unsaturated/α-hetero) is 1. The van der Waals surface area contributed by atoms with Crippen molar-refractivity contribution in [1.82, 2.24) is 4.98 Å². The summed E-state index contributed by atoms with van der Waals surface area (Å²) < 4.78 is 32.6. The van der Waals surface area contributed by atoms with E-state index in [-0.39, 0.29) is 27.6 Å². The molecule has 32 heavy (non-hydrogen) atoms. The Bertz CT molecular complexity index is 1260. The van der Waals surface area contributed by atoms with Crippen molar-refractivity contribution in [2.45, 2.75) is 6.04 Å². The Hall–Kier alpha value is -3.78. The van der Waals surface area contributed by atoms with E-state index in [0.29, 0.717) is 5.56 Å². The summed E-state index contributed by atoms with van der Waals surface area (Å²) in [6, 6.07) is 9.23. The van der Waals surface area contributed by atoms with Crippen LogP contribution < -0.4 is 9.64 Å². The van der Waals surface area contributed by atoms with Crippen molar-refractivity contribution in [2.75, 3.05) is 12.0 Å². The van der Waals surface area contributed by atoms with E-state index in [2.05, 4.69) is 4.98 Å². The van der Waals surface area contributed by atoms with Crippen LogP contribution in [0.4, 0.5) is 14.5 Å². The fourth-order valence-corrected chi connectivity index (χ4v) is 3.75. The highest BCUT2D eigenvalue weighted by Crippen LogP contribution is 2.42. The van der Waals surface area contributed by atoms with E-state index in [4.69, 9.17) is 16.3 Å². The number of rotatable bonds is 4. The fraction of sp³-hybridized carbons (Fsp3) is 0.0870. The number of methoxy groups -OCH3 is 1. The number of hydrogen-bond acceptors (Lipinski definition) is 5. The number of ether oxygens (including phenoxy) is 1. The molecule has 1 saturated heterocycles. The van der Waals surface area contributed by atoms with Crippen LogP contribution >= 0.6 is 11.6 Å². The molecule has 1 atom stereocenters. The van der Waals surface area contributed by atoms with Crippen molar-refractivity contribution in [3.8, 4) is 5.75 Å². The van der Waals surface area contributed by atoms with Gasteiger partial charge in [0.05, 0.1) is 23.7 Å². The highest BCUT2D eigenvalue weighted by Gasteiger charge is 2.47. The second-order valence-corrected chi connectivity index (χ2v) is 7.30. The summed E-state index contributed by atoms with van der Waals surface area (Å²) in [5.41, 5.74) is 0.357. The second kappa shape index (κ2) is 8.39. The van der Waals surface area contributed by atoms with Gasteiger partial charge in [0.25, 0.3) is 11.7 Å². The van der Waals surface area contributed by atoms with E-state index in [1.54, 1.807) is 12.1 Å². The van der Waals surface area contributed by atoms with Crippen LogP contribution in [-0.4, -0.2) is 28.9 Å². The lowest BCUT2D eigenvalue weighted by Gasteiger charge is -2.25. The summed E-state index contributed by atoms with van der Waals surface area (Å²) in [4.78, 5) is 30.9. The van der Waals surface area contributed by atoms with Gasteiger partial charge in [0.2, 0.25) is 0 Å². The van der Waals surface area contributed by atoms with Crippen LogP contribution in [0.25, 0.3) is 5.76 Å². The maximum absolute atomic E-state index is 13.9. The maximum atomic E-state index is 13.9. The molecule has 1 aliphatic heterocycles. The van der Waals surface area contributed by atoms with Crippen LogP contribution in [-0.2, 0) is 9.59 Å². The molecular formula is C23H15ClF2N2O4. The van der Waals surface area contributed by atoms with Crippen LogP contribution in [0.1, 0.15) is 17.2 Å². The predicted molar refractivity (Wildman–Crippen MR) is 113 cm³/mol. The zero-order chi connectivity index (χ0) is 23.0. The van der Waals surface area contributed by atoms with E-state index in [0.717, 1.165) is 17.0 Å². The molecule has 0 aliphatic carbocycles. The Morgan fingerprint density at radius 2 is 1.78 bits per heavy atom. The zero-order valence-electron chi connectivity index (χ0n) is 16.6. The first-order chi connectivity index (χ1) is 15.3. The molecule has 3 aromatic rings. The monoisotopic (exact) mass is 456 g/mol. The average Bonchev–Trinajstić information content (AvgIpc) is 3.06. The number of carbonyl (C=O) groups excluding carboxylic acids is 2. The number of aliphatic hydroxyl groups is 1. The first kappa shape index (κ1) is 21.5. The first-order valence-electron chi connectivity index (χ1n) is 9.33. The number of ketones is 1. The van der Waals surface area contributed by atoms with Gasteiger partial charge in [-0.15, -0.1) is 0 Å². The van der Waals surface area contributed by atoms with E-state index >= 15 is 0 Å². The van der Waals surface area contributed by atoms with Gasteiger partial charge in [-0.25, -0.2) is 8.78 Å². The zero-order valence-corrected chi connectivity index (χ0v) is 17.3. The predicted octanol–water partition coefficient (Wildman–Crippen LogP) is 4.65. The number of hydrogen-bond donors (Lipinski definition) is 1. The minimum absolute atomic E-state index is 0.0412. The van der Waals surface area contributed by atoms with Crippen LogP contribution in [0.5, 0.6) is 5.75 Å². The van der Waals surface area contributed by atoms with Crippen molar-refractivity contribution in [3.05, 3.63) is 94.3 Å². The average molecular weight is 457 g/mol. The summed E-state index contributed by atoms with van der Waals surface area (Å²) in [5, 5.41) is 11.3. The van der Waals surface area contributed by atoms with Gasteiger partial charge in [-0.3, -0.25) is 19.5 Å². The van der Waals surface area contributed by atoms with Crippen LogP contribution in [0.15, 0.2) is 66.5 Å². The third-order valence-corrected chi connectivity index (χ3v) is 5.38. The van der Waals surface area contributed by atoms with Crippen molar-refractivity contribution in [1.29, 1.82) is 0 Å². The lowest BCUT2D eigenvalue weighted by Crippen LogP contribution is -2.29. The SMILES string of the molecule is COc1cc(/C(O)=C2\C(=O)C(=O)N(c3ccc(F)c(F)c3)C2c2ccncc2)ccc1Cl. The van der Waals surface area contributed by atoms with E-state index in [1.807, 2.05) is 0 Å². The van der Waals surface area contributed by atoms with Gasteiger partial charge in [0, 0.05) is 29.7 Å². The highest BCUT2D eigenvalue weighted by atomic mass is 35.5. The van der Waals surface area contributed by atoms with E-state index in [9.17, 15) is 23.5 Å². The number of nitrogens with zero attached hydrogens (tertiary/aromatic N) is 2. The summed E-state index contributed by atoms with van der Waals surface area (Å²) >= 11 is 6.04. The molecule has 1 unspecified atom stereocenters. The lowest BCUT2D eigenvalue weighted by atomic mass is 9.95. The third-order valence-electron chi connectivity index (χ3n) is 5.07. The van der Waals surface area contributed by atoms with Crippen molar-refractivity contribution < 1.29 is 28.2 Å². The Labute approximate surface area is 186 Å². The first-order valence-corrected chi connectivity index (χ1v) is 9.71. The van der Waals surface area contributed by atoms with Crippen molar-refractivity contribution in [3.63, 3.8) is 0 Å². The van der Waals surface area contributed by atoms with E-state index < -0.39 is 35.1 Å². The number of aromatic nitrogens is 1. The Balaban J connectivity index is 1.95. The molecule has 0 radical (unpaired) electrons. The molecule has 1 N–H and O–H groups in total. The normalized spacial score (nSPS) is 17.6. The molecule has 1 aliphatic rings. The molecule has 0 spiro atoms. The van der Waals surface area contributed by atoms with Crippen LogP contribution in [0, 0.1) is 11.6 Å². The van der Waals surface area contributed by atoms with Gasteiger partial charge >= 0.3 is 0 Å². The molecule has 0 saturated carbocycles. The van der Waals surface area contributed by atoms with Gasteiger partial charge in [-0.05, 0) is 48.0 Å². The van der Waals surface area contributed by atoms with Gasteiger partial charge < -0.3 is 9.84 Å². The van der Waals surface area contributed by atoms with Crippen molar-refractivity contribution in [2.24, 2.45) is 0 Å². The maximum Gasteiger partial charge on any atom is 0.300 e. The molecule has 1 fully saturated rings. The fourth-order valence-electron chi connectivity index (χ4n) is 3.56. The number of aliphatic hydroxyl groups excluding tert-OH is 1. The largest absolute Gasteiger partial charge is 0.507 e. The van der Waals surface area contributed by atoms with Crippen LogP contribution in [0.2, 0.25) is 5.02 Å². The Kier molecular flexibility index (Phi) is 5.63. The van der Waals surface area contributed by atoms with Gasteiger partial charge in [-0.1, -0.05) is 11.6 Å². The molecule has 1 amide bonds. The third kappa shape index (κ3) is 3.58. The Morgan fingerprint density at radius 1 is 1.06 bits per heavy atom. The molecule has 2 aromatic carbocycles. The van der Waals surface area contributed by atoms with Gasteiger partial charge in [0.1, 0.15) is 11.5 Å². The minimum atomic E-state index is -1.18. The highest BCUT2D eigenvalue weighted by molar-refractivity contribution is 6.51. The molecule has 162 valence electrons. The molecular weight excluding hydrogens is 442 g/mol. The quantitative estimate of drug-likeness (QED) is 0.351. The molecule has 4 rings (SSSR count). The number of carbonyl (C=O) groups is 2. The number of anilines is 1. The smallest absolute Gasteiger partial charge is 0.300 e. The number of benzene rings is 2. The second-order valence-electron chi connectivity index (χ2n) is 6.90. The summed E-state index contributed by atoms with van der Waals surface area (Å²) in [7, 11) is 1.39.